The number of amides is 1. The van der Waals surface area contributed by atoms with Crippen molar-refractivity contribution in [3.8, 4) is 0 Å². The summed E-state index contributed by atoms with van der Waals surface area (Å²) in [5.74, 6) is -3.36. The molecule has 0 unspecified atom stereocenters. The van der Waals surface area contributed by atoms with E-state index in [9.17, 15) is 29.1 Å². The number of rotatable bonds is 15. The van der Waals surface area contributed by atoms with Crippen LogP contribution < -0.4 is 0 Å². The fraction of sp³-hybridized carbons (Fsp3) is 0.803. The molecular formula is C66H106N2O15. The predicted molar refractivity (Wildman–Crippen MR) is 318 cm³/mol. The second kappa shape index (κ2) is 34.7. The lowest BCUT2D eigenvalue weighted by molar-refractivity contribution is -0.166. The number of cyclic esters (lactones) is 1. The zero-order valence-electron chi connectivity index (χ0n) is 52.4. The van der Waals surface area contributed by atoms with E-state index in [2.05, 4.69) is 31.7 Å². The first kappa shape index (κ1) is 68.6. The number of morpholine rings is 1. The lowest BCUT2D eigenvalue weighted by Crippen LogP contribution is -2.52. The standard InChI is InChI=1S/C66H106N2O15/c1-42-18-13-12-14-19-43(2)59(80-31-30-78-53-40-77-41-53)36-52-23-21-44(3)57(82-52)26-24-55(69)65(73)68-28-16-15-20-54(68)66(74)83-60(37-56(70)45(4)33-48(7)63(72)64(76-11)62(71)47(6)32-42)46(5)34-51-22-25-58(61(35-51)75-10)79-29-17-27-67-38-49(8)81-50(9)39-67/h12-14,18-19,33,42,44-47,49-54,57-61,63-64,72H,15-17,20-32,34-41H2,1-11H3/b14-12+,18-13+,43-19+,48-33+/t42-,44-,45-,46-,47-,49-,50+,51+,52+,54+,57-,58-,59+,60+,61-,63-,64+/m1/s1. The number of hydrogen-bond donors (Lipinski definition) is 1. The van der Waals surface area contributed by atoms with E-state index in [4.69, 9.17) is 42.6 Å². The number of carbonyl (C=O) groups is 5. The summed E-state index contributed by atoms with van der Waals surface area (Å²) in [5.41, 5.74) is 1.44. The Morgan fingerprint density at radius 2 is 1.51 bits per heavy atom. The molecule has 6 aliphatic rings. The molecule has 470 valence electrons. The molecular weight excluding hydrogens is 1060 g/mol. The quantitative estimate of drug-likeness (QED) is 0.0706. The van der Waals surface area contributed by atoms with Gasteiger partial charge in [0, 0.05) is 78.1 Å². The molecule has 5 fully saturated rings. The molecule has 5 heterocycles. The molecule has 1 N–H and O–H groups in total. The first-order valence-electron chi connectivity index (χ1n) is 31.7. The molecule has 1 aliphatic carbocycles. The first-order chi connectivity index (χ1) is 39.7. The van der Waals surface area contributed by atoms with Crippen LogP contribution in [0.15, 0.2) is 47.6 Å². The van der Waals surface area contributed by atoms with Gasteiger partial charge in [0.05, 0.1) is 69.2 Å². The summed E-state index contributed by atoms with van der Waals surface area (Å²) in [6, 6.07) is -0.987. The summed E-state index contributed by atoms with van der Waals surface area (Å²) in [6.45, 7) is 23.4. The van der Waals surface area contributed by atoms with Gasteiger partial charge in [-0.3, -0.25) is 24.1 Å². The molecule has 0 aromatic carbocycles. The van der Waals surface area contributed by atoms with Crippen molar-refractivity contribution in [2.45, 2.75) is 232 Å². The Balaban J connectivity index is 1.19. The average Bonchev–Trinajstić information content (AvgIpc) is 3.57. The molecule has 0 aromatic rings. The zero-order valence-corrected chi connectivity index (χ0v) is 52.4. The van der Waals surface area contributed by atoms with E-state index < -0.39 is 53.8 Å². The summed E-state index contributed by atoms with van der Waals surface area (Å²) >= 11 is 0. The predicted octanol–water partition coefficient (Wildman–Crippen LogP) is 8.95. The Morgan fingerprint density at radius 3 is 2.22 bits per heavy atom. The van der Waals surface area contributed by atoms with E-state index in [1.807, 2.05) is 52.0 Å². The number of nitrogens with zero attached hydrogens (tertiary/aromatic N) is 2. The van der Waals surface area contributed by atoms with Crippen LogP contribution in [0, 0.1) is 35.5 Å². The maximum Gasteiger partial charge on any atom is 0.329 e. The van der Waals surface area contributed by atoms with Crippen molar-refractivity contribution < 1.29 is 71.7 Å². The van der Waals surface area contributed by atoms with Crippen LogP contribution in [-0.2, 0) is 66.6 Å². The molecule has 83 heavy (non-hydrogen) atoms. The molecule has 0 radical (unpaired) electrons. The van der Waals surface area contributed by atoms with Crippen molar-refractivity contribution in [1.82, 2.24) is 9.80 Å². The van der Waals surface area contributed by atoms with Gasteiger partial charge in [-0.25, -0.2) is 4.79 Å². The van der Waals surface area contributed by atoms with E-state index in [1.165, 1.54) is 12.0 Å². The van der Waals surface area contributed by atoms with Crippen molar-refractivity contribution in [1.29, 1.82) is 0 Å². The van der Waals surface area contributed by atoms with Gasteiger partial charge in [0.25, 0.3) is 5.91 Å². The number of ether oxygens (including phenoxy) is 9. The number of hydrogen-bond acceptors (Lipinski definition) is 16. The number of aliphatic hydroxyl groups is 1. The number of ketones is 3. The highest BCUT2D eigenvalue weighted by Crippen LogP contribution is 2.36. The van der Waals surface area contributed by atoms with Crippen LogP contribution in [0.5, 0.6) is 0 Å². The Kier molecular flexibility index (Phi) is 28.7. The SMILES string of the molecule is CO[C@@H]1C[C@H](C[C@@H](C)[C@@H]2CC(=O)[C@H](C)/C=C(\C)[C@@H](O)[C@@H](OC)C(=O)[C@H](C)C[C@H](C)/C=C/C=C/C=C(\C)[C@@H](OCCOC3COC3)C[C@@H]3CC[C@@H](C)[C@@H](CCC(=O)C(=O)N4CCCC[C@H]4C(=O)O2)O3)CC[C@H]1OCCCN1C[C@@H](C)O[C@@H](C)C1. The minimum atomic E-state index is -1.30. The molecule has 6 rings (SSSR count). The molecule has 1 saturated carbocycles. The van der Waals surface area contributed by atoms with E-state index >= 15 is 0 Å². The molecule has 5 aliphatic heterocycles. The Labute approximate surface area is 497 Å². The largest absolute Gasteiger partial charge is 0.460 e. The van der Waals surface area contributed by atoms with Crippen molar-refractivity contribution >= 4 is 29.2 Å². The summed E-state index contributed by atoms with van der Waals surface area (Å²) < 4.78 is 55.0. The molecule has 0 spiro atoms. The number of carbonyl (C=O) groups excluding carboxylic acids is 5. The molecule has 17 atom stereocenters. The number of esters is 1. The fourth-order valence-corrected chi connectivity index (χ4v) is 13.3. The highest BCUT2D eigenvalue weighted by molar-refractivity contribution is 6.36. The van der Waals surface area contributed by atoms with Gasteiger partial charge in [0.2, 0.25) is 5.78 Å². The third-order valence-electron chi connectivity index (χ3n) is 18.4. The number of methoxy groups -OCH3 is 2. The molecule has 2 bridgehead atoms. The molecule has 17 heteroatoms. The lowest BCUT2D eigenvalue weighted by Gasteiger charge is -2.38. The first-order valence-corrected chi connectivity index (χ1v) is 31.7. The van der Waals surface area contributed by atoms with E-state index in [1.54, 1.807) is 27.0 Å². The van der Waals surface area contributed by atoms with Crippen molar-refractivity contribution in [3.63, 3.8) is 0 Å². The van der Waals surface area contributed by atoms with Crippen LogP contribution in [0.2, 0.25) is 0 Å². The Bertz CT molecular complexity index is 2170. The molecule has 0 aromatic heterocycles. The van der Waals surface area contributed by atoms with Crippen molar-refractivity contribution in [3.05, 3.63) is 47.6 Å². The normalized spacial score (nSPS) is 37.8. The second-order valence-corrected chi connectivity index (χ2v) is 25.5. The third kappa shape index (κ3) is 21.4. The van der Waals surface area contributed by atoms with E-state index in [0.29, 0.717) is 83.6 Å². The Morgan fingerprint density at radius 1 is 0.759 bits per heavy atom. The molecule has 4 saturated heterocycles. The van der Waals surface area contributed by atoms with Crippen molar-refractivity contribution in [2.24, 2.45) is 35.5 Å². The number of fused-ring (bicyclic) bond motifs is 3. The topological polar surface area (TPSA) is 195 Å². The average molecular weight is 1170 g/mol. The van der Waals surface area contributed by atoms with Gasteiger partial charge in [-0.1, -0.05) is 71.1 Å². The van der Waals surface area contributed by atoms with E-state index in [0.717, 1.165) is 63.7 Å². The van der Waals surface area contributed by atoms with Crippen LogP contribution >= 0.6 is 0 Å². The van der Waals surface area contributed by atoms with Gasteiger partial charge in [-0.2, -0.15) is 0 Å². The summed E-state index contributed by atoms with van der Waals surface area (Å²) in [6.07, 6.45) is 16.8. The van der Waals surface area contributed by atoms with Gasteiger partial charge in [-0.05, 0) is 140 Å². The smallest absolute Gasteiger partial charge is 0.329 e. The monoisotopic (exact) mass is 1170 g/mol. The van der Waals surface area contributed by atoms with Crippen molar-refractivity contribution in [2.75, 3.05) is 73.4 Å². The number of allylic oxidation sites excluding steroid dienone is 6. The number of aliphatic hydroxyl groups excluding tert-OH is 1. The summed E-state index contributed by atoms with van der Waals surface area (Å²) in [5, 5.41) is 11.7. The summed E-state index contributed by atoms with van der Waals surface area (Å²) in [7, 11) is 3.13. The van der Waals surface area contributed by atoms with Gasteiger partial charge in [0.1, 0.15) is 36.2 Å². The minimum absolute atomic E-state index is 0.0222. The van der Waals surface area contributed by atoms with Crippen LogP contribution in [0.4, 0.5) is 0 Å². The van der Waals surface area contributed by atoms with Gasteiger partial charge < -0.3 is 52.6 Å². The molecule has 17 nitrogen and oxygen atoms in total. The molecule has 1 amide bonds. The highest BCUT2D eigenvalue weighted by atomic mass is 16.6. The van der Waals surface area contributed by atoms with Gasteiger partial charge in [0.15, 0.2) is 5.78 Å². The maximum atomic E-state index is 14.6. The van der Waals surface area contributed by atoms with Crippen LogP contribution in [0.3, 0.4) is 0 Å². The second-order valence-electron chi connectivity index (χ2n) is 25.5. The lowest BCUT2D eigenvalue weighted by atomic mass is 9.78. The maximum absolute atomic E-state index is 14.6. The van der Waals surface area contributed by atoms with Gasteiger partial charge in [-0.15, -0.1) is 0 Å². The highest BCUT2D eigenvalue weighted by Gasteiger charge is 2.41. The number of piperidine rings is 1. The Hall–Kier alpha value is -3.49. The summed E-state index contributed by atoms with van der Waals surface area (Å²) in [4.78, 5) is 75.1. The minimum Gasteiger partial charge on any atom is -0.460 e. The van der Waals surface area contributed by atoms with E-state index in [-0.39, 0.29) is 103 Å². The van der Waals surface area contributed by atoms with Crippen LogP contribution in [0.25, 0.3) is 0 Å². The number of Topliss-reactive ketones (excluding diaryl/α,β-unsaturated/α-hetero) is 3. The fourth-order valence-electron chi connectivity index (χ4n) is 13.3. The van der Waals surface area contributed by atoms with Crippen LogP contribution in [-0.4, -0.2) is 191 Å². The zero-order chi connectivity index (χ0) is 60.2. The van der Waals surface area contributed by atoms with Crippen LogP contribution in [0.1, 0.15) is 159 Å². The van der Waals surface area contributed by atoms with Gasteiger partial charge >= 0.3 is 5.97 Å². The third-order valence-corrected chi connectivity index (χ3v) is 18.4.